The van der Waals surface area contributed by atoms with Gasteiger partial charge in [-0.05, 0) is 26.0 Å². The summed E-state index contributed by atoms with van der Waals surface area (Å²) in [6, 6.07) is 9.15. The summed E-state index contributed by atoms with van der Waals surface area (Å²) in [4.78, 5) is 17.5. The molecule has 4 nitrogen and oxygen atoms in total. The molecule has 1 unspecified atom stereocenters. The Balaban J connectivity index is 2.30. The standard InChI is InChI=1S/C12H15NO3/c1-12(2)10(8-14)16-13(11(12)15)9-6-4-3-5-7-9/h3-7,10,14H,8H2,1-2H3. The van der Waals surface area contributed by atoms with Gasteiger partial charge in [-0.2, -0.15) is 5.06 Å². The van der Waals surface area contributed by atoms with Crippen LogP contribution in [-0.4, -0.2) is 23.7 Å². The number of hydroxylamine groups is 1. The van der Waals surface area contributed by atoms with Crippen molar-refractivity contribution in [2.24, 2.45) is 5.41 Å². The fraction of sp³-hybridized carbons (Fsp3) is 0.417. The minimum atomic E-state index is -0.690. The summed E-state index contributed by atoms with van der Waals surface area (Å²) in [5.41, 5.74) is 0.00134. The Morgan fingerprint density at radius 1 is 1.38 bits per heavy atom. The molecule has 4 heteroatoms. The molecule has 0 spiro atoms. The summed E-state index contributed by atoms with van der Waals surface area (Å²) >= 11 is 0. The van der Waals surface area contributed by atoms with Crippen molar-refractivity contribution in [1.82, 2.24) is 0 Å². The van der Waals surface area contributed by atoms with Gasteiger partial charge in [-0.1, -0.05) is 18.2 Å². The number of rotatable bonds is 2. The molecular formula is C12H15NO3. The Hall–Kier alpha value is -1.39. The molecule has 1 amide bonds. The highest BCUT2D eigenvalue weighted by Crippen LogP contribution is 2.36. The topological polar surface area (TPSA) is 49.8 Å². The van der Waals surface area contributed by atoms with E-state index in [1.807, 2.05) is 18.2 Å². The minimum absolute atomic E-state index is 0.127. The van der Waals surface area contributed by atoms with E-state index in [1.165, 1.54) is 5.06 Å². The lowest BCUT2D eigenvalue weighted by molar-refractivity contribution is -0.124. The fourth-order valence-electron chi connectivity index (χ4n) is 1.71. The molecule has 0 bridgehead atoms. The third-order valence-corrected chi connectivity index (χ3v) is 2.93. The molecule has 1 fully saturated rings. The third kappa shape index (κ3) is 1.60. The van der Waals surface area contributed by atoms with Crippen molar-refractivity contribution in [3.8, 4) is 0 Å². The molecule has 1 saturated heterocycles. The van der Waals surface area contributed by atoms with Crippen molar-refractivity contribution >= 4 is 11.6 Å². The molecule has 0 saturated carbocycles. The summed E-state index contributed by atoms with van der Waals surface area (Å²) in [6.07, 6.45) is -0.486. The maximum Gasteiger partial charge on any atom is 0.259 e. The number of carbonyl (C=O) groups excluding carboxylic acids is 1. The van der Waals surface area contributed by atoms with Gasteiger partial charge >= 0.3 is 0 Å². The number of aliphatic hydroxyl groups is 1. The first-order valence-corrected chi connectivity index (χ1v) is 5.24. The second-order valence-corrected chi connectivity index (χ2v) is 4.43. The van der Waals surface area contributed by atoms with E-state index in [1.54, 1.807) is 26.0 Å². The minimum Gasteiger partial charge on any atom is -0.394 e. The lowest BCUT2D eigenvalue weighted by atomic mass is 9.87. The van der Waals surface area contributed by atoms with Crippen LogP contribution in [0, 0.1) is 5.41 Å². The number of anilines is 1. The molecular weight excluding hydrogens is 206 g/mol. The molecule has 0 aliphatic carbocycles. The summed E-state index contributed by atoms with van der Waals surface area (Å²) < 4.78 is 0. The van der Waals surface area contributed by atoms with E-state index < -0.39 is 11.5 Å². The fourth-order valence-corrected chi connectivity index (χ4v) is 1.71. The second-order valence-electron chi connectivity index (χ2n) is 4.43. The van der Waals surface area contributed by atoms with Crippen molar-refractivity contribution in [3.05, 3.63) is 30.3 Å². The van der Waals surface area contributed by atoms with E-state index in [2.05, 4.69) is 0 Å². The van der Waals surface area contributed by atoms with Crippen LogP contribution in [0.3, 0.4) is 0 Å². The predicted octanol–water partition coefficient (Wildman–Crippen LogP) is 1.35. The van der Waals surface area contributed by atoms with E-state index in [-0.39, 0.29) is 12.5 Å². The highest BCUT2D eigenvalue weighted by Gasteiger charge is 2.49. The van der Waals surface area contributed by atoms with Crippen LogP contribution < -0.4 is 5.06 Å². The van der Waals surface area contributed by atoms with E-state index in [4.69, 9.17) is 4.84 Å². The number of hydrogen-bond acceptors (Lipinski definition) is 3. The molecule has 16 heavy (non-hydrogen) atoms. The largest absolute Gasteiger partial charge is 0.394 e. The Morgan fingerprint density at radius 3 is 2.50 bits per heavy atom. The van der Waals surface area contributed by atoms with Gasteiger partial charge in [0, 0.05) is 0 Å². The van der Waals surface area contributed by atoms with E-state index in [0.29, 0.717) is 5.69 Å². The van der Waals surface area contributed by atoms with Crippen LogP contribution in [0.15, 0.2) is 30.3 Å². The molecule has 1 aromatic rings. The number of nitrogens with zero attached hydrogens (tertiary/aromatic N) is 1. The number of para-hydroxylation sites is 1. The number of hydrogen-bond donors (Lipinski definition) is 1. The Kier molecular flexibility index (Phi) is 2.69. The van der Waals surface area contributed by atoms with Crippen molar-refractivity contribution in [2.45, 2.75) is 20.0 Å². The lowest BCUT2D eigenvalue weighted by Crippen LogP contribution is -2.34. The van der Waals surface area contributed by atoms with Gasteiger partial charge in [0.05, 0.1) is 17.7 Å². The molecule has 2 rings (SSSR count). The van der Waals surface area contributed by atoms with Gasteiger partial charge in [-0.15, -0.1) is 0 Å². The SMILES string of the molecule is CC1(C)C(=O)N(c2ccccc2)OC1CO. The highest BCUT2D eigenvalue weighted by molar-refractivity contribution is 5.97. The molecule has 1 heterocycles. The van der Waals surface area contributed by atoms with Crippen LogP contribution in [0.4, 0.5) is 5.69 Å². The Labute approximate surface area is 94.4 Å². The van der Waals surface area contributed by atoms with Gasteiger partial charge in [0.2, 0.25) is 0 Å². The normalized spacial score (nSPS) is 23.8. The van der Waals surface area contributed by atoms with Crippen molar-refractivity contribution in [1.29, 1.82) is 0 Å². The molecule has 0 aromatic heterocycles. The smallest absolute Gasteiger partial charge is 0.259 e. The molecule has 1 aliphatic heterocycles. The molecule has 86 valence electrons. The molecule has 1 atom stereocenters. The van der Waals surface area contributed by atoms with Crippen LogP contribution in [0.25, 0.3) is 0 Å². The molecule has 1 N–H and O–H groups in total. The zero-order chi connectivity index (χ0) is 11.8. The maximum absolute atomic E-state index is 12.1. The summed E-state index contributed by atoms with van der Waals surface area (Å²) in [7, 11) is 0. The average Bonchev–Trinajstić information content (AvgIpc) is 2.52. The van der Waals surface area contributed by atoms with E-state index in [9.17, 15) is 9.90 Å². The average molecular weight is 221 g/mol. The van der Waals surface area contributed by atoms with Crippen molar-refractivity contribution in [3.63, 3.8) is 0 Å². The number of amides is 1. The number of carbonyl (C=O) groups is 1. The van der Waals surface area contributed by atoms with Gasteiger partial charge in [-0.3, -0.25) is 9.63 Å². The van der Waals surface area contributed by atoms with Gasteiger partial charge in [-0.25, -0.2) is 0 Å². The van der Waals surface area contributed by atoms with Gasteiger partial charge in [0.25, 0.3) is 5.91 Å². The zero-order valence-corrected chi connectivity index (χ0v) is 9.38. The van der Waals surface area contributed by atoms with Crippen LogP contribution in [0.2, 0.25) is 0 Å². The number of aliphatic hydroxyl groups excluding tert-OH is 1. The van der Waals surface area contributed by atoms with Crippen molar-refractivity contribution < 1.29 is 14.7 Å². The predicted molar refractivity (Wildman–Crippen MR) is 59.7 cm³/mol. The first-order chi connectivity index (χ1) is 7.57. The second kappa shape index (κ2) is 3.88. The van der Waals surface area contributed by atoms with Gasteiger partial charge in [0.1, 0.15) is 6.10 Å². The van der Waals surface area contributed by atoms with Gasteiger partial charge < -0.3 is 5.11 Å². The lowest BCUT2D eigenvalue weighted by Gasteiger charge is -2.17. The summed E-state index contributed by atoms with van der Waals surface area (Å²) in [6.45, 7) is 3.39. The maximum atomic E-state index is 12.1. The van der Waals surface area contributed by atoms with Crippen molar-refractivity contribution in [2.75, 3.05) is 11.7 Å². The van der Waals surface area contributed by atoms with Crippen LogP contribution in [0.1, 0.15) is 13.8 Å². The zero-order valence-electron chi connectivity index (χ0n) is 9.38. The Morgan fingerprint density at radius 2 is 2.00 bits per heavy atom. The molecule has 0 radical (unpaired) electrons. The van der Waals surface area contributed by atoms with Gasteiger partial charge in [0.15, 0.2) is 0 Å². The molecule has 1 aromatic carbocycles. The van der Waals surface area contributed by atoms with E-state index in [0.717, 1.165) is 0 Å². The Bertz CT molecular complexity index is 389. The first kappa shape index (κ1) is 11.1. The number of benzene rings is 1. The quantitative estimate of drug-likeness (QED) is 0.820. The first-order valence-electron chi connectivity index (χ1n) is 5.24. The summed E-state index contributed by atoms with van der Waals surface area (Å²) in [5.74, 6) is -0.127. The third-order valence-electron chi connectivity index (χ3n) is 2.93. The van der Waals surface area contributed by atoms with E-state index >= 15 is 0 Å². The molecule has 1 aliphatic rings. The highest BCUT2D eigenvalue weighted by atomic mass is 16.7. The van der Waals surface area contributed by atoms with Crippen LogP contribution in [-0.2, 0) is 9.63 Å². The summed E-state index contributed by atoms with van der Waals surface area (Å²) in [5, 5.41) is 10.4. The van der Waals surface area contributed by atoms with Crippen LogP contribution >= 0.6 is 0 Å². The monoisotopic (exact) mass is 221 g/mol. The van der Waals surface area contributed by atoms with Crippen LogP contribution in [0.5, 0.6) is 0 Å².